The molecule has 0 radical (unpaired) electrons. The first kappa shape index (κ1) is 19.6. The lowest BCUT2D eigenvalue weighted by Crippen LogP contribution is -2.29. The van der Waals surface area contributed by atoms with Crippen LogP contribution in [0.1, 0.15) is 41.0 Å². The van der Waals surface area contributed by atoms with Crippen molar-refractivity contribution in [2.45, 2.75) is 39.2 Å². The summed E-state index contributed by atoms with van der Waals surface area (Å²) in [5.74, 6) is 0.465. The van der Waals surface area contributed by atoms with Crippen molar-refractivity contribution in [3.63, 3.8) is 0 Å². The van der Waals surface area contributed by atoms with Gasteiger partial charge in [0.2, 0.25) is 5.91 Å². The molecule has 1 aliphatic carbocycles. The molecule has 3 aromatic heterocycles. The van der Waals surface area contributed by atoms with E-state index in [-0.39, 0.29) is 23.4 Å². The average molecular weight is 419 g/mol. The fourth-order valence-electron chi connectivity index (χ4n) is 3.99. The number of imidazole rings is 1. The van der Waals surface area contributed by atoms with E-state index in [1.807, 2.05) is 36.7 Å². The summed E-state index contributed by atoms with van der Waals surface area (Å²) in [7, 11) is 0. The predicted octanol–water partition coefficient (Wildman–Crippen LogP) is 2.10. The van der Waals surface area contributed by atoms with Crippen LogP contribution in [-0.4, -0.2) is 50.3 Å². The fraction of sp³-hybridized carbons (Fsp3) is 0.409. The first-order valence-corrected chi connectivity index (χ1v) is 10.6. The van der Waals surface area contributed by atoms with Gasteiger partial charge in [-0.05, 0) is 44.2 Å². The van der Waals surface area contributed by atoms with Crippen LogP contribution in [0.2, 0.25) is 0 Å². The van der Waals surface area contributed by atoms with Crippen LogP contribution in [0.25, 0.3) is 5.65 Å². The van der Waals surface area contributed by atoms with Crippen LogP contribution < -0.4 is 15.5 Å². The van der Waals surface area contributed by atoms with Gasteiger partial charge in [0.15, 0.2) is 5.82 Å². The highest BCUT2D eigenvalue weighted by atomic mass is 16.2. The van der Waals surface area contributed by atoms with E-state index in [1.165, 1.54) is 25.2 Å². The summed E-state index contributed by atoms with van der Waals surface area (Å²) < 4.78 is 1.89. The van der Waals surface area contributed by atoms with Crippen molar-refractivity contribution in [3.8, 4) is 0 Å². The number of carbonyl (C=O) groups is 2. The molecule has 0 bridgehead atoms. The smallest absolute Gasteiger partial charge is 0.275 e. The molecule has 9 nitrogen and oxygen atoms in total. The van der Waals surface area contributed by atoms with E-state index in [0.717, 1.165) is 23.4 Å². The lowest BCUT2D eigenvalue weighted by atomic mass is 10.1. The van der Waals surface area contributed by atoms with Crippen molar-refractivity contribution in [1.29, 1.82) is 0 Å². The second kappa shape index (κ2) is 7.73. The minimum atomic E-state index is -0.353. The van der Waals surface area contributed by atoms with Gasteiger partial charge in [-0.15, -0.1) is 0 Å². The highest BCUT2D eigenvalue weighted by Gasteiger charge is 2.32. The van der Waals surface area contributed by atoms with E-state index in [4.69, 9.17) is 0 Å². The molecule has 5 rings (SSSR count). The number of anilines is 2. The zero-order valence-electron chi connectivity index (χ0n) is 17.6. The number of carbonyl (C=O) groups excluding carboxylic acids is 2. The summed E-state index contributed by atoms with van der Waals surface area (Å²) >= 11 is 0. The lowest BCUT2D eigenvalue weighted by molar-refractivity contribution is -0.117. The molecule has 2 N–H and O–H groups in total. The molecule has 3 aromatic rings. The Bertz CT molecular complexity index is 1150. The molecule has 1 saturated carbocycles. The summed E-state index contributed by atoms with van der Waals surface area (Å²) in [4.78, 5) is 39.7. The van der Waals surface area contributed by atoms with Gasteiger partial charge in [0.05, 0.1) is 23.8 Å². The third kappa shape index (κ3) is 4.13. The number of nitrogens with zero attached hydrogens (tertiary/aromatic N) is 5. The van der Waals surface area contributed by atoms with Gasteiger partial charge in [0, 0.05) is 37.9 Å². The number of aromatic nitrogens is 4. The predicted molar refractivity (Wildman–Crippen MR) is 116 cm³/mol. The number of hydrogen-bond acceptors (Lipinski definition) is 6. The van der Waals surface area contributed by atoms with Gasteiger partial charge in [0.25, 0.3) is 5.91 Å². The Morgan fingerprint density at radius 3 is 2.77 bits per heavy atom. The minimum Gasteiger partial charge on any atom is -0.319 e. The van der Waals surface area contributed by atoms with E-state index >= 15 is 0 Å². The zero-order valence-corrected chi connectivity index (χ0v) is 17.6. The number of hydrogen-bond donors (Lipinski definition) is 2. The third-order valence-corrected chi connectivity index (χ3v) is 5.74. The van der Waals surface area contributed by atoms with Gasteiger partial charge in [0.1, 0.15) is 11.3 Å². The van der Waals surface area contributed by atoms with Gasteiger partial charge < -0.3 is 15.0 Å². The Morgan fingerprint density at radius 2 is 2.03 bits per heavy atom. The molecule has 31 heavy (non-hydrogen) atoms. The van der Waals surface area contributed by atoms with Crippen LogP contribution in [0, 0.1) is 19.8 Å². The zero-order chi connectivity index (χ0) is 21.5. The van der Waals surface area contributed by atoms with Crippen LogP contribution >= 0.6 is 0 Å². The Labute approximate surface area is 179 Å². The van der Waals surface area contributed by atoms with E-state index in [1.54, 1.807) is 4.90 Å². The van der Waals surface area contributed by atoms with Gasteiger partial charge in [-0.1, -0.05) is 0 Å². The standard InChI is InChI=1S/C22H25N7O2/c1-13-5-17(12-28-10-14(2)26-21(13)28)27-22(31)18-8-25-19(9-24-18)29-11-15(6-20(29)30)7-23-16-3-4-16/h5,8-10,12,15-16,23H,3-4,6-7,11H2,1-2H3,(H,27,31). The van der Waals surface area contributed by atoms with Gasteiger partial charge in [-0.3, -0.25) is 14.5 Å². The lowest BCUT2D eigenvalue weighted by Gasteiger charge is -2.15. The Morgan fingerprint density at radius 1 is 1.19 bits per heavy atom. The summed E-state index contributed by atoms with van der Waals surface area (Å²) in [5.41, 5.74) is 3.59. The maximum Gasteiger partial charge on any atom is 0.275 e. The van der Waals surface area contributed by atoms with Crippen LogP contribution in [0.3, 0.4) is 0 Å². The van der Waals surface area contributed by atoms with Gasteiger partial charge >= 0.3 is 0 Å². The fourth-order valence-corrected chi connectivity index (χ4v) is 3.99. The normalized spacial score (nSPS) is 18.7. The maximum absolute atomic E-state index is 12.6. The van der Waals surface area contributed by atoms with E-state index < -0.39 is 0 Å². The van der Waals surface area contributed by atoms with Crippen molar-refractivity contribution in [1.82, 2.24) is 24.7 Å². The van der Waals surface area contributed by atoms with Crippen LogP contribution in [0.4, 0.5) is 11.5 Å². The van der Waals surface area contributed by atoms with Crippen LogP contribution in [0.15, 0.2) is 30.9 Å². The summed E-state index contributed by atoms with van der Waals surface area (Å²) in [5, 5.41) is 6.34. The molecule has 2 aliphatic rings. The molecule has 1 saturated heterocycles. The van der Waals surface area contributed by atoms with Crippen molar-refractivity contribution >= 4 is 29.0 Å². The number of aryl methyl sites for hydroxylation is 2. The number of amides is 2. The molecule has 0 aromatic carbocycles. The first-order chi connectivity index (χ1) is 15.0. The van der Waals surface area contributed by atoms with Gasteiger partial charge in [-0.2, -0.15) is 0 Å². The second-order valence-corrected chi connectivity index (χ2v) is 8.50. The molecule has 2 fully saturated rings. The quantitative estimate of drug-likeness (QED) is 0.634. The SMILES string of the molecule is Cc1cn2cc(NC(=O)c3cnc(N4CC(CNC5CC5)CC4=O)cn3)cc(C)c2n1. The molecule has 1 unspecified atom stereocenters. The molecule has 160 valence electrons. The van der Waals surface area contributed by atoms with E-state index in [9.17, 15) is 9.59 Å². The highest BCUT2D eigenvalue weighted by molar-refractivity contribution is 6.03. The molecule has 9 heteroatoms. The Kier molecular flexibility index (Phi) is 4.90. The largest absolute Gasteiger partial charge is 0.319 e. The monoisotopic (exact) mass is 419 g/mol. The van der Waals surface area contributed by atoms with Crippen LogP contribution in [-0.2, 0) is 4.79 Å². The van der Waals surface area contributed by atoms with E-state index in [0.29, 0.717) is 30.5 Å². The second-order valence-electron chi connectivity index (χ2n) is 8.50. The van der Waals surface area contributed by atoms with E-state index in [2.05, 4.69) is 25.6 Å². The number of fused-ring (bicyclic) bond motifs is 1. The minimum absolute atomic E-state index is 0.0495. The molecular formula is C22H25N7O2. The first-order valence-electron chi connectivity index (χ1n) is 10.6. The summed E-state index contributed by atoms with van der Waals surface area (Å²) in [6.45, 7) is 5.36. The Balaban J connectivity index is 1.25. The summed E-state index contributed by atoms with van der Waals surface area (Å²) in [6, 6.07) is 2.50. The molecule has 2 amide bonds. The van der Waals surface area contributed by atoms with Crippen molar-refractivity contribution in [2.75, 3.05) is 23.3 Å². The Hall–Kier alpha value is -3.33. The molecule has 4 heterocycles. The molecule has 1 atom stereocenters. The number of nitrogens with one attached hydrogen (secondary N) is 2. The number of pyridine rings is 1. The molecule has 1 aliphatic heterocycles. The van der Waals surface area contributed by atoms with Crippen molar-refractivity contribution in [3.05, 3.63) is 47.8 Å². The summed E-state index contributed by atoms with van der Waals surface area (Å²) in [6.07, 6.45) is 9.62. The third-order valence-electron chi connectivity index (χ3n) is 5.74. The van der Waals surface area contributed by atoms with Gasteiger partial charge in [-0.25, -0.2) is 15.0 Å². The maximum atomic E-state index is 12.6. The van der Waals surface area contributed by atoms with Crippen molar-refractivity contribution < 1.29 is 9.59 Å². The molecular weight excluding hydrogens is 394 g/mol. The number of rotatable bonds is 6. The topological polar surface area (TPSA) is 105 Å². The molecule has 0 spiro atoms. The van der Waals surface area contributed by atoms with Crippen LogP contribution in [0.5, 0.6) is 0 Å². The average Bonchev–Trinajstić information content (AvgIpc) is 3.39. The van der Waals surface area contributed by atoms with Crippen molar-refractivity contribution in [2.24, 2.45) is 5.92 Å². The highest BCUT2D eigenvalue weighted by Crippen LogP contribution is 2.25.